The third kappa shape index (κ3) is 4.29. The minimum atomic E-state index is -4.52. The molecule has 0 saturated carbocycles. The van der Waals surface area contributed by atoms with E-state index in [1.165, 1.54) is 0 Å². The second-order valence-corrected chi connectivity index (χ2v) is 5.90. The summed E-state index contributed by atoms with van der Waals surface area (Å²) in [6, 6.07) is 11.9. The van der Waals surface area contributed by atoms with E-state index in [1.807, 2.05) is 30.3 Å². The van der Waals surface area contributed by atoms with Gasteiger partial charge in [-0.05, 0) is 18.6 Å². The fraction of sp³-hybridized carbons (Fsp3) is 0.167. The van der Waals surface area contributed by atoms with Crippen LogP contribution in [0, 0.1) is 6.92 Å². The molecule has 0 fully saturated rings. The van der Waals surface area contributed by atoms with Gasteiger partial charge in [-0.25, -0.2) is 4.98 Å². The van der Waals surface area contributed by atoms with E-state index in [0.29, 0.717) is 18.5 Å². The van der Waals surface area contributed by atoms with Crippen LogP contribution in [0.15, 0.2) is 48.7 Å². The molecule has 0 spiro atoms. The molecular weight excluding hydrogens is 367 g/mol. The number of halogens is 4. The molecular formula is C18H13ClF3N3O. The lowest BCUT2D eigenvalue weighted by Crippen LogP contribution is -2.07. The number of aryl methyl sites for hydroxylation is 1. The Labute approximate surface area is 152 Å². The summed E-state index contributed by atoms with van der Waals surface area (Å²) in [7, 11) is 0. The van der Waals surface area contributed by atoms with Crippen molar-refractivity contribution >= 4 is 11.6 Å². The summed E-state index contributed by atoms with van der Waals surface area (Å²) < 4.78 is 43.9. The van der Waals surface area contributed by atoms with E-state index >= 15 is 0 Å². The molecule has 2 heterocycles. The van der Waals surface area contributed by atoms with Crippen LogP contribution in [0.4, 0.5) is 13.2 Å². The molecule has 26 heavy (non-hydrogen) atoms. The van der Waals surface area contributed by atoms with Gasteiger partial charge in [-0.1, -0.05) is 41.9 Å². The van der Waals surface area contributed by atoms with Crippen LogP contribution in [0.2, 0.25) is 5.02 Å². The fourth-order valence-corrected chi connectivity index (χ4v) is 2.46. The quantitative estimate of drug-likeness (QED) is 0.633. The average molecular weight is 380 g/mol. The zero-order valence-electron chi connectivity index (χ0n) is 13.6. The Morgan fingerprint density at radius 2 is 1.81 bits per heavy atom. The van der Waals surface area contributed by atoms with Crippen LogP contribution in [-0.2, 0) is 12.8 Å². The molecule has 3 aromatic rings. The summed E-state index contributed by atoms with van der Waals surface area (Å²) in [5.74, 6) is 0.390. The second kappa shape index (κ2) is 7.29. The van der Waals surface area contributed by atoms with Crippen LogP contribution >= 0.6 is 11.6 Å². The maximum atomic E-state index is 12.7. The molecule has 0 unspecified atom stereocenters. The summed E-state index contributed by atoms with van der Waals surface area (Å²) >= 11 is 5.96. The molecule has 0 saturated heterocycles. The number of benzene rings is 1. The highest BCUT2D eigenvalue weighted by molar-refractivity contribution is 6.32. The van der Waals surface area contributed by atoms with Crippen molar-refractivity contribution < 1.29 is 17.9 Å². The van der Waals surface area contributed by atoms with Crippen molar-refractivity contribution in [1.82, 2.24) is 15.0 Å². The lowest BCUT2D eigenvalue weighted by atomic mass is 10.2. The number of ether oxygens (including phenoxy) is 1. The van der Waals surface area contributed by atoms with Crippen molar-refractivity contribution in [2.24, 2.45) is 0 Å². The maximum absolute atomic E-state index is 12.7. The Balaban J connectivity index is 1.88. The van der Waals surface area contributed by atoms with Gasteiger partial charge in [-0.3, -0.25) is 4.98 Å². The minimum Gasteiger partial charge on any atom is -0.473 e. The zero-order valence-corrected chi connectivity index (χ0v) is 14.3. The molecule has 0 aliphatic heterocycles. The van der Waals surface area contributed by atoms with Gasteiger partial charge in [-0.2, -0.15) is 18.2 Å². The van der Waals surface area contributed by atoms with E-state index in [9.17, 15) is 13.2 Å². The molecule has 134 valence electrons. The van der Waals surface area contributed by atoms with Crippen LogP contribution in [-0.4, -0.2) is 15.0 Å². The predicted molar refractivity (Wildman–Crippen MR) is 90.8 cm³/mol. The standard InChI is InChI=1S/C18H13ClF3N3O/c1-11-7-15(26-10-12-5-3-2-4-6-12)25-17(24-11)16-14(19)8-13(9-23-16)18(20,21)22/h2-9H,10H2,1H3. The number of rotatable bonds is 4. The third-order valence-electron chi connectivity index (χ3n) is 3.44. The number of alkyl halides is 3. The van der Waals surface area contributed by atoms with Gasteiger partial charge in [0.2, 0.25) is 5.88 Å². The smallest absolute Gasteiger partial charge is 0.417 e. The van der Waals surface area contributed by atoms with Crippen molar-refractivity contribution in [2.45, 2.75) is 19.7 Å². The first kappa shape index (κ1) is 18.1. The number of hydrogen-bond donors (Lipinski definition) is 0. The van der Waals surface area contributed by atoms with Crippen LogP contribution in [0.5, 0.6) is 5.88 Å². The Hall–Kier alpha value is -2.67. The first-order chi connectivity index (χ1) is 12.3. The monoisotopic (exact) mass is 379 g/mol. The largest absolute Gasteiger partial charge is 0.473 e. The Bertz CT molecular complexity index is 917. The van der Waals surface area contributed by atoms with Crippen molar-refractivity contribution in [3.63, 3.8) is 0 Å². The van der Waals surface area contributed by atoms with E-state index < -0.39 is 11.7 Å². The summed E-state index contributed by atoms with van der Waals surface area (Å²) in [5.41, 5.74) is 0.666. The van der Waals surface area contributed by atoms with E-state index in [2.05, 4.69) is 15.0 Å². The summed E-state index contributed by atoms with van der Waals surface area (Å²) in [4.78, 5) is 12.2. The Morgan fingerprint density at radius 1 is 1.08 bits per heavy atom. The highest BCUT2D eigenvalue weighted by atomic mass is 35.5. The van der Waals surface area contributed by atoms with E-state index in [4.69, 9.17) is 16.3 Å². The first-order valence-electron chi connectivity index (χ1n) is 7.58. The number of nitrogens with zero attached hydrogens (tertiary/aromatic N) is 3. The molecule has 2 aromatic heterocycles. The summed E-state index contributed by atoms with van der Waals surface area (Å²) in [5, 5.41) is -0.181. The van der Waals surface area contributed by atoms with Gasteiger partial charge in [-0.15, -0.1) is 0 Å². The number of hydrogen-bond acceptors (Lipinski definition) is 4. The van der Waals surface area contributed by atoms with Gasteiger partial charge in [0.15, 0.2) is 5.82 Å². The molecule has 8 heteroatoms. The molecule has 4 nitrogen and oxygen atoms in total. The molecule has 0 bridgehead atoms. The summed E-state index contributed by atoms with van der Waals surface area (Å²) in [6.45, 7) is 2.02. The van der Waals surface area contributed by atoms with Crippen molar-refractivity contribution in [3.8, 4) is 17.4 Å². The van der Waals surface area contributed by atoms with Gasteiger partial charge >= 0.3 is 6.18 Å². The van der Waals surface area contributed by atoms with E-state index in [1.54, 1.807) is 13.0 Å². The molecule has 3 rings (SSSR count). The lowest BCUT2D eigenvalue weighted by molar-refractivity contribution is -0.137. The summed E-state index contributed by atoms with van der Waals surface area (Å²) in [6.07, 6.45) is -3.82. The molecule has 1 aromatic carbocycles. The fourth-order valence-electron chi connectivity index (χ4n) is 2.21. The highest BCUT2D eigenvalue weighted by Crippen LogP contribution is 2.33. The molecule has 0 atom stereocenters. The zero-order chi connectivity index (χ0) is 18.7. The topological polar surface area (TPSA) is 47.9 Å². The van der Waals surface area contributed by atoms with E-state index in [-0.39, 0.29) is 22.4 Å². The first-order valence-corrected chi connectivity index (χ1v) is 7.96. The van der Waals surface area contributed by atoms with E-state index in [0.717, 1.165) is 11.6 Å². The van der Waals surface area contributed by atoms with Gasteiger partial charge < -0.3 is 4.74 Å². The Morgan fingerprint density at radius 3 is 2.46 bits per heavy atom. The van der Waals surface area contributed by atoms with Crippen molar-refractivity contribution in [3.05, 3.63) is 70.5 Å². The van der Waals surface area contributed by atoms with Crippen LogP contribution in [0.25, 0.3) is 11.5 Å². The lowest BCUT2D eigenvalue weighted by Gasteiger charge is -2.10. The Kier molecular flexibility index (Phi) is 5.08. The minimum absolute atomic E-state index is 0.0629. The van der Waals surface area contributed by atoms with Gasteiger partial charge in [0, 0.05) is 18.0 Å². The predicted octanol–water partition coefficient (Wildman–Crippen LogP) is 5.10. The van der Waals surface area contributed by atoms with Gasteiger partial charge in [0.25, 0.3) is 0 Å². The average Bonchev–Trinajstić information content (AvgIpc) is 2.59. The molecule has 0 N–H and O–H groups in total. The molecule has 0 aliphatic carbocycles. The highest BCUT2D eigenvalue weighted by Gasteiger charge is 2.32. The number of aromatic nitrogens is 3. The van der Waals surface area contributed by atoms with Crippen LogP contribution in [0.3, 0.4) is 0 Å². The van der Waals surface area contributed by atoms with Gasteiger partial charge in [0.1, 0.15) is 12.3 Å². The van der Waals surface area contributed by atoms with Crippen molar-refractivity contribution in [2.75, 3.05) is 0 Å². The molecule has 0 radical (unpaired) electrons. The van der Waals surface area contributed by atoms with Crippen molar-refractivity contribution in [1.29, 1.82) is 0 Å². The number of pyridine rings is 1. The second-order valence-electron chi connectivity index (χ2n) is 5.50. The molecule has 0 amide bonds. The molecule has 0 aliphatic rings. The maximum Gasteiger partial charge on any atom is 0.417 e. The third-order valence-corrected chi connectivity index (χ3v) is 3.73. The normalized spacial score (nSPS) is 11.4. The van der Waals surface area contributed by atoms with Crippen LogP contribution < -0.4 is 4.74 Å². The van der Waals surface area contributed by atoms with Gasteiger partial charge in [0.05, 0.1) is 10.6 Å². The SMILES string of the molecule is Cc1cc(OCc2ccccc2)nc(-c2ncc(C(F)(F)F)cc2Cl)n1. The van der Waals surface area contributed by atoms with Crippen LogP contribution in [0.1, 0.15) is 16.8 Å².